The van der Waals surface area contributed by atoms with Crippen molar-refractivity contribution in [3.63, 3.8) is 0 Å². The van der Waals surface area contributed by atoms with Crippen LogP contribution in [0.5, 0.6) is 0 Å². The van der Waals surface area contributed by atoms with Gasteiger partial charge in [-0.05, 0) is 31.4 Å². The molecule has 0 atom stereocenters. The smallest absolute Gasteiger partial charge is 0.275 e. The summed E-state index contributed by atoms with van der Waals surface area (Å²) in [5, 5.41) is 6.19. The van der Waals surface area contributed by atoms with Gasteiger partial charge >= 0.3 is 0 Å². The Morgan fingerprint density at radius 3 is 2.55 bits per heavy atom. The van der Waals surface area contributed by atoms with Crippen LogP contribution in [0.4, 0.5) is 0 Å². The zero-order chi connectivity index (χ0) is 15.9. The van der Waals surface area contributed by atoms with Gasteiger partial charge in [-0.15, -0.1) is 0 Å². The van der Waals surface area contributed by atoms with E-state index in [1.54, 1.807) is 19.4 Å². The van der Waals surface area contributed by atoms with E-state index in [0.29, 0.717) is 5.92 Å². The predicted molar refractivity (Wildman–Crippen MR) is 87.4 cm³/mol. The lowest BCUT2D eigenvalue weighted by atomic mass is 10.0. The van der Waals surface area contributed by atoms with E-state index in [2.05, 4.69) is 23.9 Å². The molecule has 0 aliphatic carbocycles. The number of nitrogens with zero attached hydrogens (tertiary/aromatic N) is 4. The summed E-state index contributed by atoms with van der Waals surface area (Å²) in [6.45, 7) is 6.36. The number of aromatic nitrogens is 4. The molecule has 3 heterocycles. The van der Waals surface area contributed by atoms with Crippen LogP contribution in [0.3, 0.4) is 0 Å². The normalized spacial score (nSPS) is 11.5. The maximum absolute atomic E-state index is 12.4. The first-order valence-corrected chi connectivity index (χ1v) is 7.47. The number of aryl methyl sites for hydroxylation is 2. The van der Waals surface area contributed by atoms with Crippen LogP contribution in [-0.2, 0) is 13.5 Å². The number of pyridine rings is 1. The lowest BCUT2D eigenvalue weighted by Gasteiger charge is -2.09. The van der Waals surface area contributed by atoms with Crippen molar-refractivity contribution in [1.29, 1.82) is 0 Å². The van der Waals surface area contributed by atoms with E-state index in [4.69, 9.17) is 0 Å². The van der Waals surface area contributed by atoms with E-state index in [1.807, 2.05) is 29.8 Å². The summed E-state index contributed by atoms with van der Waals surface area (Å²) in [5.74, 6) is 0.483. The third-order valence-electron chi connectivity index (χ3n) is 3.88. The average Bonchev–Trinajstić information content (AvgIpc) is 2.83. The van der Waals surface area contributed by atoms with E-state index in [0.717, 1.165) is 34.3 Å². The second-order valence-electron chi connectivity index (χ2n) is 6.05. The van der Waals surface area contributed by atoms with Crippen LogP contribution < -0.4 is 5.56 Å². The van der Waals surface area contributed by atoms with Crippen molar-refractivity contribution < 1.29 is 0 Å². The Kier molecular flexibility index (Phi) is 3.56. The van der Waals surface area contributed by atoms with Crippen LogP contribution in [-0.4, -0.2) is 19.3 Å². The molecular weight excluding hydrogens is 276 g/mol. The first kappa shape index (κ1) is 14.5. The van der Waals surface area contributed by atoms with Gasteiger partial charge in [0.2, 0.25) is 0 Å². The summed E-state index contributed by atoms with van der Waals surface area (Å²) >= 11 is 0. The summed E-state index contributed by atoms with van der Waals surface area (Å²) in [5.41, 5.74) is 2.97. The lowest BCUT2D eigenvalue weighted by molar-refractivity contribution is 0.605. The van der Waals surface area contributed by atoms with E-state index in [-0.39, 0.29) is 5.56 Å². The van der Waals surface area contributed by atoms with Gasteiger partial charge in [-0.3, -0.25) is 9.78 Å². The molecule has 0 N–H and O–H groups in total. The zero-order valence-electron chi connectivity index (χ0n) is 13.4. The quantitative estimate of drug-likeness (QED) is 0.746. The monoisotopic (exact) mass is 296 g/mol. The first-order chi connectivity index (χ1) is 10.5. The fourth-order valence-electron chi connectivity index (χ4n) is 2.89. The van der Waals surface area contributed by atoms with Crippen LogP contribution in [0.25, 0.3) is 16.5 Å². The van der Waals surface area contributed by atoms with Crippen molar-refractivity contribution in [2.75, 3.05) is 0 Å². The molecule has 114 valence electrons. The Bertz CT molecular complexity index is 875. The van der Waals surface area contributed by atoms with Crippen molar-refractivity contribution in [1.82, 2.24) is 19.3 Å². The zero-order valence-corrected chi connectivity index (χ0v) is 13.4. The molecule has 0 aliphatic rings. The molecule has 0 aliphatic heterocycles. The Morgan fingerprint density at radius 2 is 1.91 bits per heavy atom. The summed E-state index contributed by atoms with van der Waals surface area (Å²) < 4.78 is 3.48. The topological polar surface area (TPSA) is 52.7 Å². The van der Waals surface area contributed by atoms with Crippen molar-refractivity contribution in [3.8, 4) is 5.69 Å². The van der Waals surface area contributed by atoms with Crippen LogP contribution in [0.1, 0.15) is 25.2 Å². The van der Waals surface area contributed by atoms with Crippen LogP contribution in [0, 0.1) is 12.8 Å². The van der Waals surface area contributed by atoms with Crippen LogP contribution in [0.15, 0.2) is 35.5 Å². The van der Waals surface area contributed by atoms with Gasteiger partial charge in [0, 0.05) is 42.4 Å². The lowest BCUT2D eigenvalue weighted by Crippen LogP contribution is -2.21. The second kappa shape index (κ2) is 5.40. The molecule has 22 heavy (non-hydrogen) atoms. The van der Waals surface area contributed by atoms with Crippen molar-refractivity contribution >= 4 is 10.8 Å². The average molecular weight is 296 g/mol. The van der Waals surface area contributed by atoms with Gasteiger partial charge in [-0.25, -0.2) is 4.68 Å². The molecule has 5 nitrogen and oxygen atoms in total. The Morgan fingerprint density at radius 1 is 1.23 bits per heavy atom. The first-order valence-electron chi connectivity index (χ1n) is 7.47. The van der Waals surface area contributed by atoms with E-state index >= 15 is 0 Å². The fourth-order valence-corrected chi connectivity index (χ4v) is 2.89. The molecule has 3 aromatic rings. The summed E-state index contributed by atoms with van der Waals surface area (Å²) in [6.07, 6.45) is 6.27. The third kappa shape index (κ3) is 2.32. The number of rotatable bonds is 3. The minimum absolute atomic E-state index is 0.0570. The SMILES string of the molecule is Cc1c2c(CC(C)C)nn(C)c(=O)c2cn1-c1ccncc1. The second-order valence-corrected chi connectivity index (χ2v) is 6.05. The minimum Gasteiger partial charge on any atom is -0.320 e. The molecule has 0 unspecified atom stereocenters. The van der Waals surface area contributed by atoms with Crippen molar-refractivity contribution in [2.24, 2.45) is 13.0 Å². The molecule has 0 saturated carbocycles. The highest BCUT2D eigenvalue weighted by Gasteiger charge is 2.17. The summed E-state index contributed by atoms with van der Waals surface area (Å²) in [4.78, 5) is 16.5. The van der Waals surface area contributed by atoms with E-state index in [9.17, 15) is 4.79 Å². The molecule has 0 bridgehead atoms. The van der Waals surface area contributed by atoms with E-state index < -0.39 is 0 Å². The molecule has 3 rings (SSSR count). The number of hydrogen-bond acceptors (Lipinski definition) is 3. The molecule has 5 heteroatoms. The van der Waals surface area contributed by atoms with Crippen LogP contribution in [0.2, 0.25) is 0 Å². The Balaban J connectivity index is 2.34. The Hall–Kier alpha value is -2.43. The third-order valence-corrected chi connectivity index (χ3v) is 3.88. The molecule has 0 saturated heterocycles. The highest BCUT2D eigenvalue weighted by atomic mass is 16.1. The van der Waals surface area contributed by atoms with Gasteiger partial charge in [0.05, 0.1) is 11.1 Å². The molecule has 0 amide bonds. The van der Waals surface area contributed by atoms with Gasteiger partial charge in [0.1, 0.15) is 0 Å². The minimum atomic E-state index is -0.0570. The largest absolute Gasteiger partial charge is 0.320 e. The Labute approximate surface area is 129 Å². The highest BCUT2D eigenvalue weighted by Crippen LogP contribution is 2.25. The van der Waals surface area contributed by atoms with Gasteiger partial charge in [-0.1, -0.05) is 13.8 Å². The van der Waals surface area contributed by atoms with Gasteiger partial charge < -0.3 is 4.57 Å². The maximum atomic E-state index is 12.4. The molecular formula is C17H20N4O. The molecule has 3 aromatic heterocycles. The van der Waals surface area contributed by atoms with Crippen LogP contribution >= 0.6 is 0 Å². The van der Waals surface area contributed by atoms with Crippen molar-refractivity contribution in [2.45, 2.75) is 27.2 Å². The molecule has 0 spiro atoms. The van der Waals surface area contributed by atoms with Crippen molar-refractivity contribution in [3.05, 3.63) is 52.5 Å². The van der Waals surface area contributed by atoms with Gasteiger partial charge in [0.15, 0.2) is 0 Å². The van der Waals surface area contributed by atoms with Gasteiger partial charge in [-0.2, -0.15) is 5.10 Å². The molecule has 0 fully saturated rings. The number of fused-ring (bicyclic) bond motifs is 1. The van der Waals surface area contributed by atoms with E-state index in [1.165, 1.54) is 4.68 Å². The molecule has 0 aromatic carbocycles. The molecule has 0 radical (unpaired) electrons. The fraction of sp³-hybridized carbons (Fsp3) is 0.353. The van der Waals surface area contributed by atoms with Gasteiger partial charge in [0.25, 0.3) is 5.56 Å². The summed E-state index contributed by atoms with van der Waals surface area (Å²) in [6, 6.07) is 3.87. The summed E-state index contributed by atoms with van der Waals surface area (Å²) in [7, 11) is 1.71. The highest BCUT2D eigenvalue weighted by molar-refractivity contribution is 5.87. The standard InChI is InChI=1S/C17H20N4O/c1-11(2)9-15-16-12(3)21(13-5-7-18-8-6-13)10-14(16)17(22)20(4)19-15/h5-8,10-11H,9H2,1-4H3. The predicted octanol–water partition coefficient (Wildman–Crippen LogP) is 2.63. The maximum Gasteiger partial charge on any atom is 0.275 e. The number of hydrogen-bond donors (Lipinski definition) is 0.